The maximum absolute atomic E-state index is 12.4. The van der Waals surface area contributed by atoms with Crippen LogP contribution >= 0.6 is 11.3 Å². The first-order chi connectivity index (χ1) is 13.7. The van der Waals surface area contributed by atoms with Crippen LogP contribution in [0.2, 0.25) is 0 Å². The minimum Gasteiger partial charge on any atom is -0.497 e. The van der Waals surface area contributed by atoms with Crippen molar-refractivity contribution in [2.24, 2.45) is 0 Å². The van der Waals surface area contributed by atoms with Crippen molar-refractivity contribution in [2.75, 3.05) is 12.4 Å². The molecule has 0 aliphatic carbocycles. The zero-order chi connectivity index (χ0) is 19.3. The van der Waals surface area contributed by atoms with E-state index in [4.69, 9.17) is 9.47 Å². The minimum atomic E-state index is -0.246. The number of ether oxygens (including phenoxy) is 2. The number of fused-ring (bicyclic) bond motifs is 1. The SMILES string of the molecule is COc1ccc2sc(CC(=O)Nc3nn[nH]n3)c(OCc3ccccc3)c2c1. The number of anilines is 1. The summed E-state index contributed by atoms with van der Waals surface area (Å²) in [5.41, 5.74) is 1.05. The van der Waals surface area contributed by atoms with Crippen LogP contribution in [-0.2, 0) is 17.8 Å². The number of nitrogens with one attached hydrogen (secondary N) is 2. The molecule has 2 aromatic heterocycles. The molecule has 2 N–H and O–H groups in total. The molecule has 142 valence electrons. The maximum Gasteiger partial charge on any atom is 0.269 e. The molecule has 0 bridgehead atoms. The smallest absolute Gasteiger partial charge is 0.269 e. The number of aromatic amines is 1. The summed E-state index contributed by atoms with van der Waals surface area (Å²) in [5.74, 6) is 1.31. The van der Waals surface area contributed by atoms with Crippen molar-refractivity contribution >= 4 is 33.3 Å². The molecule has 0 saturated heterocycles. The Labute approximate surface area is 164 Å². The third-order valence-corrected chi connectivity index (χ3v) is 5.21. The zero-order valence-corrected chi connectivity index (χ0v) is 15.8. The number of aromatic nitrogens is 4. The summed E-state index contributed by atoms with van der Waals surface area (Å²) < 4.78 is 12.5. The van der Waals surface area contributed by atoms with Crippen LogP contribution in [0, 0.1) is 0 Å². The number of amides is 1. The number of H-pyrrole nitrogens is 1. The number of hydrogen-bond donors (Lipinski definition) is 2. The highest BCUT2D eigenvalue weighted by Gasteiger charge is 2.18. The number of hydrogen-bond acceptors (Lipinski definition) is 7. The van der Waals surface area contributed by atoms with Crippen LogP contribution in [0.25, 0.3) is 10.1 Å². The Hall–Kier alpha value is -3.46. The second kappa shape index (κ2) is 8.05. The number of carbonyl (C=O) groups is 1. The van der Waals surface area contributed by atoms with Gasteiger partial charge in [-0.1, -0.05) is 35.4 Å². The summed E-state index contributed by atoms with van der Waals surface area (Å²) in [6.45, 7) is 0.406. The van der Waals surface area contributed by atoms with E-state index in [-0.39, 0.29) is 18.3 Å². The predicted octanol–water partition coefficient (Wildman–Crippen LogP) is 3.18. The number of nitrogens with zero attached hydrogens (tertiary/aromatic N) is 3. The van der Waals surface area contributed by atoms with Gasteiger partial charge in [-0.15, -0.1) is 16.4 Å². The van der Waals surface area contributed by atoms with E-state index in [0.717, 1.165) is 26.3 Å². The molecule has 0 radical (unpaired) electrons. The molecule has 0 aliphatic rings. The zero-order valence-electron chi connectivity index (χ0n) is 15.0. The topological polar surface area (TPSA) is 102 Å². The summed E-state index contributed by atoms with van der Waals surface area (Å²) in [4.78, 5) is 13.2. The van der Waals surface area contributed by atoms with Crippen LogP contribution in [0.4, 0.5) is 5.95 Å². The molecule has 4 rings (SSSR count). The Balaban J connectivity index is 1.62. The lowest BCUT2D eigenvalue weighted by molar-refractivity contribution is -0.115. The van der Waals surface area contributed by atoms with E-state index in [1.807, 2.05) is 48.5 Å². The van der Waals surface area contributed by atoms with Gasteiger partial charge in [0.05, 0.1) is 18.4 Å². The van der Waals surface area contributed by atoms with Crippen molar-refractivity contribution in [3.8, 4) is 11.5 Å². The van der Waals surface area contributed by atoms with E-state index in [9.17, 15) is 4.79 Å². The molecule has 0 aliphatic heterocycles. The normalized spacial score (nSPS) is 10.8. The van der Waals surface area contributed by atoms with Crippen molar-refractivity contribution in [1.29, 1.82) is 0 Å². The van der Waals surface area contributed by atoms with Gasteiger partial charge >= 0.3 is 0 Å². The fourth-order valence-electron chi connectivity index (χ4n) is 2.77. The average molecular weight is 395 g/mol. The van der Waals surface area contributed by atoms with Gasteiger partial charge in [0, 0.05) is 10.1 Å². The van der Waals surface area contributed by atoms with Gasteiger partial charge in [0.2, 0.25) is 5.91 Å². The van der Waals surface area contributed by atoms with Gasteiger partial charge in [-0.2, -0.15) is 5.21 Å². The molecule has 8 nitrogen and oxygen atoms in total. The van der Waals surface area contributed by atoms with Crippen molar-refractivity contribution in [2.45, 2.75) is 13.0 Å². The Morgan fingerprint density at radius 2 is 2.07 bits per heavy atom. The number of tetrazole rings is 1. The van der Waals surface area contributed by atoms with Gasteiger partial charge in [0.15, 0.2) is 0 Å². The van der Waals surface area contributed by atoms with Crippen LogP contribution in [0.1, 0.15) is 10.4 Å². The molecule has 2 heterocycles. The van der Waals surface area contributed by atoms with Gasteiger partial charge in [-0.25, -0.2) is 0 Å². The minimum absolute atomic E-state index is 0.138. The highest BCUT2D eigenvalue weighted by atomic mass is 32.1. The number of benzene rings is 2. The highest BCUT2D eigenvalue weighted by Crippen LogP contribution is 2.40. The molecule has 4 aromatic rings. The molecule has 2 aromatic carbocycles. The fraction of sp³-hybridized carbons (Fsp3) is 0.158. The summed E-state index contributed by atoms with van der Waals surface area (Å²) in [6.07, 6.45) is 0.139. The van der Waals surface area contributed by atoms with Gasteiger partial charge in [-0.05, 0) is 29.0 Å². The third-order valence-electron chi connectivity index (χ3n) is 4.06. The standard InChI is InChI=1S/C19H17N5O3S/c1-26-13-7-8-15-14(9-13)18(27-11-12-5-3-2-4-6-12)16(28-15)10-17(25)20-19-21-23-24-22-19/h2-9H,10-11H2,1H3,(H2,20,21,22,23,24,25). The third kappa shape index (κ3) is 3.94. The Bertz CT molecular complexity index is 1080. The van der Waals surface area contributed by atoms with E-state index in [2.05, 4.69) is 25.9 Å². The maximum atomic E-state index is 12.4. The number of thiophene rings is 1. The lowest BCUT2D eigenvalue weighted by atomic mass is 10.2. The van der Waals surface area contributed by atoms with E-state index in [0.29, 0.717) is 12.4 Å². The quantitative estimate of drug-likeness (QED) is 0.498. The molecule has 0 saturated carbocycles. The largest absolute Gasteiger partial charge is 0.497 e. The van der Waals surface area contributed by atoms with Gasteiger partial charge in [0.25, 0.3) is 5.95 Å². The van der Waals surface area contributed by atoms with Crippen molar-refractivity contribution < 1.29 is 14.3 Å². The second-order valence-corrected chi connectivity index (χ2v) is 7.09. The summed E-state index contributed by atoms with van der Waals surface area (Å²) in [7, 11) is 1.62. The summed E-state index contributed by atoms with van der Waals surface area (Å²) in [5, 5.41) is 16.7. The molecule has 0 atom stereocenters. The molecule has 1 amide bonds. The van der Waals surface area contributed by atoms with E-state index in [1.165, 1.54) is 11.3 Å². The van der Waals surface area contributed by atoms with Crippen molar-refractivity contribution in [3.05, 3.63) is 59.0 Å². The lowest BCUT2D eigenvalue weighted by Crippen LogP contribution is -2.15. The highest BCUT2D eigenvalue weighted by molar-refractivity contribution is 7.19. The van der Waals surface area contributed by atoms with Crippen LogP contribution in [0.15, 0.2) is 48.5 Å². The van der Waals surface area contributed by atoms with E-state index >= 15 is 0 Å². The number of carbonyl (C=O) groups excluding carboxylic acids is 1. The van der Waals surface area contributed by atoms with E-state index < -0.39 is 0 Å². The molecule has 28 heavy (non-hydrogen) atoms. The van der Waals surface area contributed by atoms with Gasteiger partial charge < -0.3 is 9.47 Å². The first kappa shape index (κ1) is 17.9. The summed E-state index contributed by atoms with van der Waals surface area (Å²) in [6, 6.07) is 15.7. The Morgan fingerprint density at radius 3 is 2.82 bits per heavy atom. The first-order valence-electron chi connectivity index (χ1n) is 8.52. The van der Waals surface area contributed by atoms with Crippen molar-refractivity contribution in [1.82, 2.24) is 20.6 Å². The van der Waals surface area contributed by atoms with Crippen LogP contribution < -0.4 is 14.8 Å². The predicted molar refractivity (Wildman–Crippen MR) is 106 cm³/mol. The molecule has 0 unspecified atom stereocenters. The molecule has 0 spiro atoms. The van der Waals surface area contributed by atoms with E-state index in [1.54, 1.807) is 7.11 Å². The molecular formula is C19H17N5O3S. The molecular weight excluding hydrogens is 378 g/mol. The Morgan fingerprint density at radius 1 is 1.21 bits per heavy atom. The van der Waals surface area contributed by atoms with Crippen LogP contribution in [-0.4, -0.2) is 33.6 Å². The van der Waals surface area contributed by atoms with Crippen LogP contribution in [0.5, 0.6) is 11.5 Å². The number of methoxy groups -OCH3 is 1. The second-order valence-electron chi connectivity index (χ2n) is 5.95. The van der Waals surface area contributed by atoms with Crippen molar-refractivity contribution in [3.63, 3.8) is 0 Å². The van der Waals surface area contributed by atoms with Gasteiger partial charge in [0.1, 0.15) is 18.1 Å². The first-order valence-corrected chi connectivity index (χ1v) is 9.34. The number of rotatable bonds is 7. The lowest BCUT2D eigenvalue weighted by Gasteiger charge is -2.09. The van der Waals surface area contributed by atoms with Gasteiger partial charge in [-0.3, -0.25) is 10.1 Å². The molecule has 9 heteroatoms. The fourth-order valence-corrected chi connectivity index (χ4v) is 3.89. The summed E-state index contributed by atoms with van der Waals surface area (Å²) >= 11 is 1.51. The monoisotopic (exact) mass is 395 g/mol. The average Bonchev–Trinajstić information content (AvgIpc) is 3.34. The molecule has 0 fully saturated rings. The Kier molecular flexibility index (Phi) is 5.16. The van der Waals surface area contributed by atoms with Crippen LogP contribution in [0.3, 0.4) is 0 Å².